The van der Waals surface area contributed by atoms with Crippen molar-refractivity contribution in [3.05, 3.63) is 59.0 Å². The number of benzene rings is 1. The van der Waals surface area contributed by atoms with Crippen molar-refractivity contribution in [2.24, 2.45) is 0 Å². The summed E-state index contributed by atoms with van der Waals surface area (Å²) >= 11 is 3.72. The normalized spacial score (nSPS) is 13.5. The van der Waals surface area contributed by atoms with Gasteiger partial charge in [-0.05, 0) is 28.7 Å². The van der Waals surface area contributed by atoms with E-state index in [1.54, 1.807) is 0 Å². The predicted octanol–water partition coefficient (Wildman–Crippen LogP) is 5.62. The molecular formula is C17H21BrO. The van der Waals surface area contributed by atoms with Crippen LogP contribution in [-0.4, -0.2) is 0 Å². The Hall–Kier alpha value is -1.02. The second-order valence-electron chi connectivity index (χ2n) is 5.89. The molecule has 0 saturated carbocycles. The molecule has 0 aliphatic carbocycles. The van der Waals surface area contributed by atoms with Crippen LogP contribution in [0.15, 0.2) is 40.8 Å². The van der Waals surface area contributed by atoms with Gasteiger partial charge in [-0.1, -0.05) is 67.9 Å². The van der Waals surface area contributed by atoms with Gasteiger partial charge in [-0.25, -0.2) is 0 Å². The molecule has 0 bridgehead atoms. The third-order valence-corrected chi connectivity index (χ3v) is 4.33. The number of halogens is 1. The van der Waals surface area contributed by atoms with Gasteiger partial charge in [0.05, 0.1) is 4.83 Å². The van der Waals surface area contributed by atoms with Crippen LogP contribution in [0.25, 0.3) is 0 Å². The third-order valence-electron chi connectivity index (χ3n) is 3.35. The van der Waals surface area contributed by atoms with E-state index in [4.69, 9.17) is 4.42 Å². The summed E-state index contributed by atoms with van der Waals surface area (Å²) in [7, 11) is 0. The van der Waals surface area contributed by atoms with Gasteiger partial charge in [-0.2, -0.15) is 0 Å². The highest BCUT2D eigenvalue weighted by Crippen LogP contribution is 2.33. The van der Waals surface area contributed by atoms with E-state index in [1.807, 2.05) is 6.07 Å². The van der Waals surface area contributed by atoms with Crippen LogP contribution in [0.3, 0.4) is 0 Å². The molecule has 2 aromatic rings. The summed E-state index contributed by atoms with van der Waals surface area (Å²) in [4.78, 5) is 0.127. The zero-order chi connectivity index (χ0) is 14.0. The minimum atomic E-state index is 0.127. The summed E-state index contributed by atoms with van der Waals surface area (Å²) in [5, 5.41) is 0. The van der Waals surface area contributed by atoms with Crippen LogP contribution in [-0.2, 0) is 11.8 Å². The van der Waals surface area contributed by atoms with Crippen molar-refractivity contribution < 1.29 is 4.42 Å². The molecule has 2 rings (SSSR count). The zero-order valence-corrected chi connectivity index (χ0v) is 13.6. The molecule has 2 heteroatoms. The number of hydrogen-bond acceptors (Lipinski definition) is 1. The average Bonchev–Trinajstić information content (AvgIpc) is 2.86. The van der Waals surface area contributed by atoms with Gasteiger partial charge in [0.1, 0.15) is 11.5 Å². The molecule has 1 aromatic heterocycles. The highest BCUT2D eigenvalue weighted by Gasteiger charge is 2.17. The molecule has 1 nitrogen and oxygen atoms in total. The Morgan fingerprint density at radius 3 is 2.16 bits per heavy atom. The maximum atomic E-state index is 5.80. The van der Waals surface area contributed by atoms with E-state index in [1.165, 1.54) is 11.1 Å². The minimum Gasteiger partial charge on any atom is -0.465 e. The summed E-state index contributed by atoms with van der Waals surface area (Å²) < 4.78 is 5.80. The summed E-state index contributed by atoms with van der Waals surface area (Å²) in [5.74, 6) is 2.01. The monoisotopic (exact) mass is 320 g/mol. The van der Waals surface area contributed by atoms with Gasteiger partial charge in [-0.15, -0.1) is 0 Å². The van der Waals surface area contributed by atoms with Gasteiger partial charge in [0, 0.05) is 6.42 Å². The summed E-state index contributed by atoms with van der Waals surface area (Å²) in [6.45, 7) is 8.79. The maximum absolute atomic E-state index is 5.80. The molecule has 0 spiro atoms. The lowest BCUT2D eigenvalue weighted by atomic mass is 9.86. The molecule has 0 N–H and O–H groups in total. The molecule has 0 amide bonds. The van der Waals surface area contributed by atoms with E-state index in [9.17, 15) is 0 Å². The smallest absolute Gasteiger partial charge is 0.122 e. The van der Waals surface area contributed by atoms with Crippen LogP contribution in [0.4, 0.5) is 0 Å². The first-order chi connectivity index (χ1) is 8.91. The fraction of sp³-hybridized carbons (Fsp3) is 0.412. The zero-order valence-electron chi connectivity index (χ0n) is 12.0. The van der Waals surface area contributed by atoms with Gasteiger partial charge in [0.2, 0.25) is 0 Å². The van der Waals surface area contributed by atoms with Crippen LogP contribution in [0, 0.1) is 0 Å². The number of rotatable bonds is 3. The first-order valence-electron chi connectivity index (χ1n) is 6.75. The lowest BCUT2D eigenvalue weighted by Crippen LogP contribution is -2.10. The Bertz CT molecular complexity index is 531. The molecule has 0 aliphatic heterocycles. The summed E-state index contributed by atoms with van der Waals surface area (Å²) in [6, 6.07) is 12.9. The molecule has 102 valence electrons. The predicted molar refractivity (Wildman–Crippen MR) is 84.0 cm³/mol. The molecule has 19 heavy (non-hydrogen) atoms. The van der Waals surface area contributed by atoms with Gasteiger partial charge in [-0.3, -0.25) is 0 Å². The molecule has 1 heterocycles. The number of alkyl halides is 1. The number of hydrogen-bond donors (Lipinski definition) is 0. The average molecular weight is 321 g/mol. The molecule has 1 aromatic carbocycles. The van der Waals surface area contributed by atoms with Crippen molar-refractivity contribution in [3.8, 4) is 0 Å². The van der Waals surface area contributed by atoms with E-state index in [0.29, 0.717) is 0 Å². The molecular weight excluding hydrogens is 300 g/mol. The van der Waals surface area contributed by atoms with Crippen LogP contribution in [0.2, 0.25) is 0 Å². The Balaban J connectivity index is 2.22. The van der Waals surface area contributed by atoms with E-state index in [0.717, 1.165) is 17.9 Å². The summed E-state index contributed by atoms with van der Waals surface area (Å²) in [5.41, 5.74) is 2.77. The second kappa shape index (κ2) is 5.54. The first-order valence-corrected chi connectivity index (χ1v) is 7.66. The van der Waals surface area contributed by atoms with Crippen LogP contribution in [0.1, 0.15) is 55.2 Å². The van der Waals surface area contributed by atoms with E-state index in [-0.39, 0.29) is 10.2 Å². The number of aryl methyl sites for hydroxylation is 1. The first kappa shape index (κ1) is 14.4. The molecule has 0 saturated heterocycles. The highest BCUT2D eigenvalue weighted by atomic mass is 79.9. The van der Waals surface area contributed by atoms with Crippen LogP contribution in [0.5, 0.6) is 0 Å². The molecule has 1 atom stereocenters. The third kappa shape index (κ3) is 3.30. The largest absolute Gasteiger partial charge is 0.465 e. The van der Waals surface area contributed by atoms with Crippen LogP contribution >= 0.6 is 15.9 Å². The van der Waals surface area contributed by atoms with Crippen molar-refractivity contribution in [2.75, 3.05) is 0 Å². The fourth-order valence-corrected chi connectivity index (χ4v) is 2.59. The van der Waals surface area contributed by atoms with Crippen molar-refractivity contribution in [3.63, 3.8) is 0 Å². The van der Waals surface area contributed by atoms with Crippen molar-refractivity contribution >= 4 is 15.9 Å². The van der Waals surface area contributed by atoms with E-state index in [2.05, 4.69) is 74.0 Å². The second-order valence-corrected chi connectivity index (χ2v) is 6.81. The lowest BCUT2D eigenvalue weighted by Gasteiger charge is -2.19. The lowest BCUT2D eigenvalue weighted by molar-refractivity contribution is 0.477. The topological polar surface area (TPSA) is 13.1 Å². The highest BCUT2D eigenvalue weighted by molar-refractivity contribution is 9.09. The maximum Gasteiger partial charge on any atom is 0.122 e. The molecule has 1 unspecified atom stereocenters. The Kier molecular flexibility index (Phi) is 4.19. The molecule has 0 radical (unpaired) electrons. The van der Waals surface area contributed by atoms with E-state index >= 15 is 0 Å². The Morgan fingerprint density at radius 1 is 1.05 bits per heavy atom. The van der Waals surface area contributed by atoms with Gasteiger partial charge in [0.15, 0.2) is 0 Å². The van der Waals surface area contributed by atoms with Crippen LogP contribution < -0.4 is 0 Å². The Morgan fingerprint density at radius 2 is 1.68 bits per heavy atom. The quantitative estimate of drug-likeness (QED) is 0.668. The number of furan rings is 1. The summed E-state index contributed by atoms with van der Waals surface area (Å²) in [6.07, 6.45) is 0.933. The standard InChI is InChI=1S/C17H21BrO/c1-5-14-10-11-15(19-14)16(18)12-6-8-13(9-7-12)17(2,3)4/h6-11,16H,5H2,1-4H3. The van der Waals surface area contributed by atoms with Gasteiger partial charge in [0.25, 0.3) is 0 Å². The van der Waals surface area contributed by atoms with Crippen molar-refractivity contribution in [1.82, 2.24) is 0 Å². The SMILES string of the molecule is CCc1ccc(C(Br)c2ccc(C(C)(C)C)cc2)o1. The van der Waals surface area contributed by atoms with Crippen molar-refractivity contribution in [2.45, 2.75) is 44.4 Å². The fourth-order valence-electron chi connectivity index (χ4n) is 2.04. The molecule has 0 fully saturated rings. The van der Waals surface area contributed by atoms with E-state index < -0.39 is 0 Å². The van der Waals surface area contributed by atoms with Gasteiger partial charge >= 0.3 is 0 Å². The minimum absolute atomic E-state index is 0.127. The van der Waals surface area contributed by atoms with Gasteiger partial charge < -0.3 is 4.42 Å². The molecule has 0 aliphatic rings. The Labute approximate surface area is 124 Å². The van der Waals surface area contributed by atoms with Crippen molar-refractivity contribution in [1.29, 1.82) is 0 Å².